The van der Waals surface area contributed by atoms with Gasteiger partial charge in [0.25, 0.3) is 0 Å². The summed E-state index contributed by atoms with van der Waals surface area (Å²) < 4.78 is 0. The van der Waals surface area contributed by atoms with Crippen LogP contribution in [0.4, 0.5) is 4.79 Å². The third kappa shape index (κ3) is 2.37. The highest BCUT2D eigenvalue weighted by Gasteiger charge is 2.41. The first-order valence-corrected chi connectivity index (χ1v) is 5.68. The van der Waals surface area contributed by atoms with E-state index in [1.807, 2.05) is 0 Å². The Bertz CT molecular complexity index is 525. The molecule has 6 heteroatoms. The highest BCUT2D eigenvalue weighted by atomic mass is 16.4. The molecule has 0 saturated heterocycles. The summed E-state index contributed by atoms with van der Waals surface area (Å²) in [4.78, 5) is 23.5. The predicted octanol–water partition coefficient (Wildman–Crippen LogP) is 1.86. The number of benzene rings is 1. The lowest BCUT2D eigenvalue weighted by molar-refractivity contribution is -0.144. The summed E-state index contributed by atoms with van der Waals surface area (Å²) in [6.45, 7) is -0.0372. The smallest absolute Gasteiger partial charge is 0.408 e. The highest BCUT2D eigenvalue weighted by molar-refractivity contribution is 5.77. The quantitative estimate of drug-likeness (QED) is 0.756. The monoisotopic (exact) mass is 263 g/mol. The molecule has 1 aliphatic heterocycles. The molecule has 0 fully saturated rings. The van der Waals surface area contributed by atoms with Gasteiger partial charge in [-0.25, -0.2) is 4.79 Å². The van der Waals surface area contributed by atoms with E-state index < -0.39 is 24.0 Å². The van der Waals surface area contributed by atoms with Crippen molar-refractivity contribution in [2.45, 2.75) is 6.04 Å². The number of carbonyl (C=O) groups is 2. The minimum absolute atomic E-state index is 0.0372. The van der Waals surface area contributed by atoms with Crippen LogP contribution in [0.3, 0.4) is 0 Å². The zero-order valence-corrected chi connectivity index (χ0v) is 9.93. The van der Waals surface area contributed by atoms with Crippen molar-refractivity contribution in [3.8, 4) is 0 Å². The van der Waals surface area contributed by atoms with Crippen molar-refractivity contribution in [2.75, 3.05) is 6.54 Å². The molecule has 0 saturated carbocycles. The molecule has 0 spiro atoms. The second kappa shape index (κ2) is 5.01. The number of amides is 1. The molecule has 1 amide bonds. The molecule has 3 N–H and O–H groups in total. The molecule has 1 aromatic carbocycles. The average Bonchev–Trinajstić information content (AvgIpc) is 2.38. The van der Waals surface area contributed by atoms with Crippen LogP contribution in [0.2, 0.25) is 0 Å². The van der Waals surface area contributed by atoms with Crippen molar-refractivity contribution in [1.29, 1.82) is 0 Å². The standard InChI is InChI=1S/C13H13NO5/c15-9-6-7-14(13(18)19)11(10(9)12(16)17)8-4-2-1-3-5-8/h1-6,10-11,15H,7H2,(H,16,17)(H,18,19)/t10?,11-/m1/s1. The minimum Gasteiger partial charge on any atom is -0.512 e. The van der Waals surface area contributed by atoms with Gasteiger partial charge >= 0.3 is 12.1 Å². The van der Waals surface area contributed by atoms with Crippen molar-refractivity contribution in [2.24, 2.45) is 5.92 Å². The van der Waals surface area contributed by atoms with Gasteiger partial charge in [0.1, 0.15) is 11.7 Å². The molecule has 1 aromatic rings. The number of carboxylic acids is 1. The Kier molecular flexibility index (Phi) is 3.41. The maximum absolute atomic E-state index is 11.3. The van der Waals surface area contributed by atoms with E-state index in [-0.39, 0.29) is 12.3 Å². The second-order valence-electron chi connectivity index (χ2n) is 4.24. The summed E-state index contributed by atoms with van der Waals surface area (Å²) in [6, 6.07) is 7.52. The lowest BCUT2D eigenvalue weighted by atomic mass is 9.87. The van der Waals surface area contributed by atoms with Gasteiger partial charge in [0, 0.05) is 6.54 Å². The van der Waals surface area contributed by atoms with Crippen molar-refractivity contribution in [3.63, 3.8) is 0 Å². The number of hydrogen-bond donors (Lipinski definition) is 3. The number of aliphatic hydroxyl groups excluding tert-OH is 1. The molecular weight excluding hydrogens is 250 g/mol. The van der Waals surface area contributed by atoms with Crippen molar-refractivity contribution in [1.82, 2.24) is 4.90 Å². The molecule has 0 aromatic heterocycles. The van der Waals surface area contributed by atoms with E-state index in [9.17, 15) is 24.9 Å². The van der Waals surface area contributed by atoms with Gasteiger partial charge in [0.05, 0.1) is 6.04 Å². The Morgan fingerprint density at radius 1 is 1.16 bits per heavy atom. The van der Waals surface area contributed by atoms with Gasteiger partial charge < -0.3 is 15.3 Å². The topological polar surface area (TPSA) is 98.1 Å². The molecule has 1 heterocycles. The molecule has 0 aliphatic carbocycles. The van der Waals surface area contributed by atoms with E-state index in [4.69, 9.17) is 0 Å². The third-order valence-electron chi connectivity index (χ3n) is 3.12. The van der Waals surface area contributed by atoms with Crippen LogP contribution in [0.5, 0.6) is 0 Å². The van der Waals surface area contributed by atoms with Gasteiger partial charge in [-0.15, -0.1) is 0 Å². The molecule has 0 bridgehead atoms. The lowest BCUT2D eigenvalue weighted by Crippen LogP contribution is -2.44. The van der Waals surface area contributed by atoms with Crippen LogP contribution >= 0.6 is 0 Å². The molecule has 0 radical (unpaired) electrons. The van der Waals surface area contributed by atoms with Gasteiger partial charge in [-0.3, -0.25) is 9.69 Å². The molecule has 19 heavy (non-hydrogen) atoms. The highest BCUT2D eigenvalue weighted by Crippen LogP contribution is 2.36. The lowest BCUT2D eigenvalue weighted by Gasteiger charge is -2.36. The van der Waals surface area contributed by atoms with Crippen LogP contribution in [0.1, 0.15) is 11.6 Å². The number of aliphatic carboxylic acids is 1. The van der Waals surface area contributed by atoms with Crippen LogP contribution in [-0.4, -0.2) is 38.8 Å². The Hall–Kier alpha value is -2.50. The SMILES string of the molecule is O=C(O)C1C(O)=CCN(C(=O)O)[C@@H]1c1ccccc1. The average molecular weight is 263 g/mol. The largest absolute Gasteiger partial charge is 0.512 e. The van der Waals surface area contributed by atoms with E-state index in [1.165, 1.54) is 6.08 Å². The summed E-state index contributed by atoms with van der Waals surface area (Å²) in [6.07, 6.45) is -0.00402. The number of nitrogens with zero attached hydrogens (tertiary/aromatic N) is 1. The molecule has 100 valence electrons. The van der Waals surface area contributed by atoms with Gasteiger partial charge in [-0.1, -0.05) is 30.3 Å². The summed E-state index contributed by atoms with van der Waals surface area (Å²) in [5.74, 6) is -2.85. The maximum atomic E-state index is 11.3. The Morgan fingerprint density at radius 3 is 2.32 bits per heavy atom. The van der Waals surface area contributed by atoms with Gasteiger partial charge in [0.2, 0.25) is 0 Å². The molecular formula is C13H13NO5. The van der Waals surface area contributed by atoms with Gasteiger partial charge in [-0.2, -0.15) is 0 Å². The first kappa shape index (κ1) is 12.9. The van der Waals surface area contributed by atoms with Crippen molar-refractivity contribution in [3.05, 3.63) is 47.7 Å². The Morgan fingerprint density at radius 2 is 1.79 bits per heavy atom. The fourth-order valence-corrected chi connectivity index (χ4v) is 2.26. The van der Waals surface area contributed by atoms with Crippen LogP contribution < -0.4 is 0 Å². The number of aliphatic hydroxyl groups is 1. The minimum atomic E-state index is -1.28. The van der Waals surface area contributed by atoms with Crippen LogP contribution in [0, 0.1) is 5.92 Å². The first-order valence-electron chi connectivity index (χ1n) is 5.68. The summed E-state index contributed by atoms with van der Waals surface area (Å²) in [7, 11) is 0. The van der Waals surface area contributed by atoms with Gasteiger partial charge in [0.15, 0.2) is 0 Å². The number of carboxylic acid groups (broad SMARTS) is 2. The molecule has 2 atom stereocenters. The van der Waals surface area contributed by atoms with Crippen LogP contribution in [-0.2, 0) is 4.79 Å². The summed E-state index contributed by atoms with van der Waals surface area (Å²) in [5.41, 5.74) is 0.539. The van der Waals surface area contributed by atoms with E-state index in [2.05, 4.69) is 0 Å². The zero-order valence-electron chi connectivity index (χ0n) is 9.93. The summed E-state index contributed by atoms with van der Waals surface area (Å²) >= 11 is 0. The van der Waals surface area contributed by atoms with Crippen molar-refractivity contribution >= 4 is 12.1 Å². The normalized spacial score (nSPS) is 22.7. The van der Waals surface area contributed by atoms with Gasteiger partial charge in [-0.05, 0) is 11.6 Å². The van der Waals surface area contributed by atoms with Crippen molar-refractivity contribution < 1.29 is 24.9 Å². The van der Waals surface area contributed by atoms with E-state index in [0.717, 1.165) is 4.90 Å². The maximum Gasteiger partial charge on any atom is 0.408 e. The second-order valence-corrected chi connectivity index (χ2v) is 4.24. The molecule has 1 unspecified atom stereocenters. The van der Waals surface area contributed by atoms with E-state index in [0.29, 0.717) is 5.56 Å². The number of hydrogen-bond acceptors (Lipinski definition) is 3. The van der Waals surface area contributed by atoms with Crippen LogP contribution in [0.25, 0.3) is 0 Å². The summed E-state index contributed by atoms with van der Waals surface area (Å²) in [5, 5.41) is 28.1. The number of rotatable bonds is 2. The Labute approximate surface area is 109 Å². The molecule has 2 rings (SSSR count). The third-order valence-corrected chi connectivity index (χ3v) is 3.12. The zero-order chi connectivity index (χ0) is 14.0. The fourth-order valence-electron chi connectivity index (χ4n) is 2.26. The Balaban J connectivity index is 2.50. The predicted molar refractivity (Wildman–Crippen MR) is 65.8 cm³/mol. The first-order chi connectivity index (χ1) is 9.02. The van der Waals surface area contributed by atoms with E-state index in [1.54, 1.807) is 30.3 Å². The molecule has 6 nitrogen and oxygen atoms in total. The van der Waals surface area contributed by atoms with E-state index >= 15 is 0 Å². The van der Waals surface area contributed by atoms with Crippen LogP contribution in [0.15, 0.2) is 42.2 Å². The molecule has 1 aliphatic rings. The fraction of sp³-hybridized carbons (Fsp3) is 0.231.